The van der Waals surface area contributed by atoms with E-state index in [0.29, 0.717) is 58.1 Å². The van der Waals surface area contributed by atoms with Gasteiger partial charge in [-0.2, -0.15) is 8.42 Å². The number of aliphatic hydroxyl groups is 2. The summed E-state index contributed by atoms with van der Waals surface area (Å²) < 4.78 is 40.7. The third kappa shape index (κ3) is 10.6. The quantitative estimate of drug-likeness (QED) is 0.0912. The number of aromatic nitrogens is 2. The van der Waals surface area contributed by atoms with Crippen molar-refractivity contribution in [2.75, 3.05) is 46.5 Å². The minimum atomic E-state index is -3.67. The van der Waals surface area contributed by atoms with Crippen molar-refractivity contribution in [2.24, 2.45) is 35.5 Å². The lowest BCUT2D eigenvalue weighted by Crippen LogP contribution is -2.71. The van der Waals surface area contributed by atoms with Crippen LogP contribution in [-0.4, -0.2) is 204 Å². The molecule has 10 aliphatic rings. The summed E-state index contributed by atoms with van der Waals surface area (Å²) in [5.74, 6) is -8.03. The van der Waals surface area contributed by atoms with Gasteiger partial charge in [-0.15, -0.1) is 0 Å². The van der Waals surface area contributed by atoms with Crippen molar-refractivity contribution in [3.63, 3.8) is 0 Å². The molecule has 0 saturated carbocycles. The number of nitrogens with one attached hydrogen (secondary N) is 4. The Labute approximate surface area is 547 Å². The maximum absolute atomic E-state index is 14.4. The molecule has 4 aromatic rings. The molecule has 6 fully saturated rings. The number of aromatic amines is 2. The second kappa shape index (κ2) is 23.4. The van der Waals surface area contributed by atoms with E-state index in [1.54, 1.807) is 37.5 Å². The second-order valence-electron chi connectivity index (χ2n) is 28.1. The third-order valence-electron chi connectivity index (χ3n) is 20.5. The maximum Gasteiger partial charge on any atom is 0.281 e. The van der Waals surface area contributed by atoms with Crippen LogP contribution in [-0.2, 0) is 61.2 Å². The highest BCUT2D eigenvalue weighted by Gasteiger charge is 2.74. The summed E-state index contributed by atoms with van der Waals surface area (Å²) >= 11 is 7.40. The Kier molecular flexibility index (Phi) is 16.9. The van der Waals surface area contributed by atoms with Crippen LogP contribution in [0.15, 0.2) is 57.8 Å². The largest absolute Gasteiger partial charge is 0.349 e. The molecule has 23 nitrogen and oxygen atoms in total. The molecule has 6 amide bonds. The number of carbonyl (C=O) groups is 6. The molecule has 0 bridgehead atoms. The first-order chi connectivity index (χ1) is 42.7. The highest BCUT2D eigenvalue weighted by Crippen LogP contribution is 2.52. The highest BCUT2D eigenvalue weighted by atomic mass is 79.9. The summed E-state index contributed by atoms with van der Waals surface area (Å²) in [5, 5.41) is 32.6. The molecule has 6 saturated heterocycles. The van der Waals surface area contributed by atoms with Crippen molar-refractivity contribution in [3.8, 4) is 0 Å². The Hall–Kier alpha value is -5.55. The number of rotatable bonds is 10. The van der Waals surface area contributed by atoms with Gasteiger partial charge in [-0.1, -0.05) is 91.8 Å². The van der Waals surface area contributed by atoms with Gasteiger partial charge in [-0.3, -0.25) is 62.4 Å². The van der Waals surface area contributed by atoms with Crippen molar-refractivity contribution in [3.05, 3.63) is 80.0 Å². The SMILES string of the molecule is CC(C)C[C@H]1C(=O)N2CCC[C@H]2[C@]2(O)O[C@](NC(=O)[C@@H]3C=C4c5cccc6[nH]c(Br)c(c56)C[C@H]4N(C)C3)(C(C)C)C(=O)N12.CC(C)C[C@H]1C(=O)N2CCC[C@H]2[C@]2(O)O[C@](NC(=O)[C@@H]3C=C4c5cccc6[nH]c(Br)c(c56)C[C@H]4N(C)C3)(C(C)C)C(=O)N12.CS(=O)(=O)O. The van der Waals surface area contributed by atoms with Crippen molar-refractivity contribution >= 4 is 110 Å². The normalized spacial score (nSPS) is 32.5. The van der Waals surface area contributed by atoms with Crippen LogP contribution < -0.4 is 10.6 Å². The maximum atomic E-state index is 14.4. The molecule has 2 aliphatic carbocycles. The molecule has 12 atom stereocenters. The number of likely N-dealkylation sites (N-methyl/N-ethyl adjacent to an activating group) is 2. The van der Waals surface area contributed by atoms with E-state index in [4.69, 9.17) is 14.0 Å². The number of piperazine rings is 2. The lowest BCUT2D eigenvalue weighted by molar-refractivity contribution is -0.322. The Morgan fingerprint density at radius 1 is 0.648 bits per heavy atom. The van der Waals surface area contributed by atoms with Crippen LogP contribution in [0.2, 0.25) is 0 Å². The minimum Gasteiger partial charge on any atom is -0.349 e. The van der Waals surface area contributed by atoms with Crippen molar-refractivity contribution in [1.82, 2.24) is 50.0 Å². The van der Waals surface area contributed by atoms with Gasteiger partial charge in [0.2, 0.25) is 35.1 Å². The van der Waals surface area contributed by atoms with Crippen molar-refractivity contribution < 1.29 is 61.4 Å². The van der Waals surface area contributed by atoms with Crippen LogP contribution in [0.25, 0.3) is 33.0 Å². The van der Waals surface area contributed by atoms with Crippen LogP contribution in [0, 0.1) is 35.5 Å². The van der Waals surface area contributed by atoms with Crippen LogP contribution >= 0.6 is 31.9 Å². The van der Waals surface area contributed by atoms with E-state index in [0.717, 1.165) is 68.2 Å². The Balaban J connectivity index is 0.000000164. The van der Waals surface area contributed by atoms with Crippen LogP contribution in [0.4, 0.5) is 0 Å². The van der Waals surface area contributed by atoms with Crippen molar-refractivity contribution in [2.45, 2.75) is 166 Å². The summed E-state index contributed by atoms with van der Waals surface area (Å²) in [6.07, 6.45) is 9.69. The Bertz CT molecular complexity index is 3630. The predicted molar refractivity (Wildman–Crippen MR) is 346 cm³/mol. The minimum absolute atomic E-state index is 0.104. The fraction of sp³-hybridized carbons (Fsp3) is 0.600. The number of hydrogen-bond acceptors (Lipinski definition) is 14. The van der Waals surface area contributed by atoms with Gasteiger partial charge < -0.3 is 40.6 Å². The number of nitrogens with zero attached hydrogens (tertiary/aromatic N) is 6. The lowest BCUT2D eigenvalue weighted by Gasteiger charge is -2.49. The summed E-state index contributed by atoms with van der Waals surface area (Å²) in [6.45, 7) is 17.1. The second-order valence-corrected chi connectivity index (χ2v) is 31.2. The molecule has 91 heavy (non-hydrogen) atoms. The van der Waals surface area contributed by atoms with Gasteiger partial charge in [-0.05, 0) is 155 Å². The van der Waals surface area contributed by atoms with E-state index in [1.807, 2.05) is 66.1 Å². The Morgan fingerprint density at radius 3 is 1.35 bits per heavy atom. The van der Waals surface area contributed by atoms with E-state index in [9.17, 15) is 47.4 Å². The van der Waals surface area contributed by atoms with Gasteiger partial charge in [0.1, 0.15) is 24.2 Å². The van der Waals surface area contributed by atoms with Gasteiger partial charge in [0.25, 0.3) is 33.8 Å². The first-order valence-corrected chi connectivity index (χ1v) is 35.3. The number of ether oxygens (including phenoxy) is 2. The topological polar surface area (TPSA) is 291 Å². The number of carbonyl (C=O) groups excluding carboxylic acids is 6. The predicted octanol–water partition coefficient (Wildman–Crippen LogP) is 5.89. The average molecular weight is 1410 g/mol. The fourth-order valence-electron chi connectivity index (χ4n) is 16.3. The monoisotopic (exact) mass is 1400 g/mol. The van der Waals surface area contributed by atoms with Gasteiger partial charge >= 0.3 is 0 Å². The third-order valence-corrected chi connectivity index (χ3v) is 21.9. The van der Waals surface area contributed by atoms with Gasteiger partial charge in [0.05, 0.1) is 27.3 Å². The molecule has 0 radical (unpaired) electrons. The lowest BCUT2D eigenvalue weighted by atomic mass is 9.79. The zero-order chi connectivity index (χ0) is 65.7. The zero-order valence-corrected chi connectivity index (χ0v) is 57.3. The molecule has 8 aliphatic heterocycles. The summed E-state index contributed by atoms with van der Waals surface area (Å²) in [6, 6.07) is 9.53. The molecular formula is C65H84Br2N10O13S. The standard InChI is InChI=1S/2C32H40BrN5O5.CH4O3S/c2*1-16(2)12-24-29(40)37-11-7-10-25(37)32(42)38(24)30(41)31(43-32,17(3)4)35-28(39)18-13-20-19-8-6-9-22-26(19)21(27(33)34-22)14-23(20)36(5)15-18;1-5(2,3)4/h2*6,8-9,13,16-18,23-25,34,42H,7,10-12,14-15H2,1-5H3,(H,35,39);1H3,(H,2,3,4)/t2*18-,23-,24+,25+,31-,32+;/m11./s1. The molecule has 2 aromatic carbocycles. The molecule has 2 aromatic heterocycles. The molecule has 0 unspecified atom stereocenters. The smallest absolute Gasteiger partial charge is 0.281 e. The first kappa shape index (κ1) is 65.5. The average Bonchev–Trinajstić information content (AvgIpc) is 1.56. The Morgan fingerprint density at radius 2 is 1.01 bits per heavy atom. The number of amides is 6. The van der Waals surface area contributed by atoms with Crippen LogP contribution in [0.1, 0.15) is 116 Å². The summed E-state index contributed by atoms with van der Waals surface area (Å²) in [4.78, 5) is 102. The highest BCUT2D eigenvalue weighted by molar-refractivity contribution is 9.10. The molecule has 492 valence electrons. The van der Waals surface area contributed by atoms with E-state index < -0.39 is 93.0 Å². The number of H-pyrrole nitrogens is 2. The molecule has 10 heterocycles. The van der Waals surface area contributed by atoms with E-state index >= 15 is 0 Å². The number of halogens is 2. The molecule has 7 N–H and O–H groups in total. The number of fused-ring (bicyclic) bond motifs is 10. The van der Waals surface area contributed by atoms with Crippen molar-refractivity contribution in [1.29, 1.82) is 0 Å². The molecular weight excluding hydrogens is 1320 g/mol. The fourth-order valence-corrected chi connectivity index (χ4v) is 17.4. The summed E-state index contributed by atoms with van der Waals surface area (Å²) in [7, 11) is 0.387. The van der Waals surface area contributed by atoms with E-state index in [1.165, 1.54) is 31.7 Å². The number of benzene rings is 2. The first-order valence-electron chi connectivity index (χ1n) is 31.9. The van der Waals surface area contributed by atoms with E-state index in [-0.39, 0.29) is 47.5 Å². The van der Waals surface area contributed by atoms with Gasteiger partial charge in [0.15, 0.2) is 0 Å². The van der Waals surface area contributed by atoms with Crippen LogP contribution in [0.3, 0.4) is 0 Å². The van der Waals surface area contributed by atoms with Gasteiger partial charge in [0, 0.05) is 71.9 Å². The van der Waals surface area contributed by atoms with Gasteiger partial charge in [-0.25, -0.2) is 0 Å². The molecule has 26 heteroatoms. The molecule has 0 spiro atoms. The van der Waals surface area contributed by atoms with Crippen LogP contribution in [0.5, 0.6) is 0 Å². The van der Waals surface area contributed by atoms with E-state index in [2.05, 4.69) is 86.5 Å². The molecule has 14 rings (SSSR count). The number of hydrogen-bond donors (Lipinski definition) is 7. The summed E-state index contributed by atoms with van der Waals surface area (Å²) in [5.41, 5.74) is 5.35. The zero-order valence-electron chi connectivity index (χ0n) is 53.3.